The van der Waals surface area contributed by atoms with Crippen molar-refractivity contribution in [3.8, 4) is 11.5 Å². The van der Waals surface area contributed by atoms with Crippen LogP contribution in [0.4, 0.5) is 5.69 Å². The van der Waals surface area contributed by atoms with Gasteiger partial charge < -0.3 is 10.1 Å². The molecule has 2 amide bonds. The summed E-state index contributed by atoms with van der Waals surface area (Å²) in [6.07, 6.45) is 3.32. The summed E-state index contributed by atoms with van der Waals surface area (Å²) in [4.78, 5) is 36.2. The van der Waals surface area contributed by atoms with Gasteiger partial charge in [-0.1, -0.05) is 35.9 Å². The molecule has 0 saturated heterocycles. The van der Waals surface area contributed by atoms with Gasteiger partial charge in [-0.15, -0.1) is 0 Å². The van der Waals surface area contributed by atoms with Gasteiger partial charge in [-0.05, 0) is 54.1 Å². The van der Waals surface area contributed by atoms with Gasteiger partial charge in [-0.2, -0.15) is 0 Å². The third-order valence-corrected chi connectivity index (χ3v) is 5.62. The second kappa shape index (κ2) is 9.33. The van der Waals surface area contributed by atoms with Gasteiger partial charge in [0, 0.05) is 29.5 Å². The number of carbonyl (C=O) groups is 2. The molecule has 168 valence electrons. The number of hydrogen-bond donors (Lipinski definition) is 1. The lowest BCUT2D eigenvalue weighted by molar-refractivity contribution is 0.0945. The number of anilines is 1. The van der Waals surface area contributed by atoms with Crippen LogP contribution < -0.4 is 15.0 Å². The van der Waals surface area contributed by atoms with E-state index in [4.69, 9.17) is 16.3 Å². The summed E-state index contributed by atoms with van der Waals surface area (Å²) in [5, 5.41) is 3.29. The van der Waals surface area contributed by atoms with Crippen LogP contribution in [-0.2, 0) is 13.1 Å². The number of carbonyl (C=O) groups excluding carboxylic acids is 2. The first-order valence-electron chi connectivity index (χ1n) is 10.6. The van der Waals surface area contributed by atoms with Gasteiger partial charge in [0.15, 0.2) is 5.75 Å². The van der Waals surface area contributed by atoms with Gasteiger partial charge in [0.1, 0.15) is 17.1 Å². The molecule has 0 saturated carbocycles. The quantitative estimate of drug-likeness (QED) is 0.453. The summed E-state index contributed by atoms with van der Waals surface area (Å²) >= 11 is 6.24. The molecule has 3 heterocycles. The Balaban J connectivity index is 1.44. The summed E-state index contributed by atoms with van der Waals surface area (Å²) in [7, 11) is 0. The normalized spacial score (nSPS) is 12.1. The number of aromatic nitrogens is 2. The van der Waals surface area contributed by atoms with Crippen LogP contribution in [-0.4, -0.2) is 21.8 Å². The molecule has 0 radical (unpaired) electrons. The van der Waals surface area contributed by atoms with Crippen LogP contribution in [0.15, 0.2) is 85.2 Å². The summed E-state index contributed by atoms with van der Waals surface area (Å²) < 4.78 is 6.07. The van der Waals surface area contributed by atoms with Crippen molar-refractivity contribution in [3.05, 3.63) is 113 Å². The van der Waals surface area contributed by atoms with E-state index in [2.05, 4.69) is 15.3 Å². The Morgan fingerprint density at radius 2 is 1.74 bits per heavy atom. The molecule has 0 fully saturated rings. The zero-order valence-corrected chi connectivity index (χ0v) is 18.7. The van der Waals surface area contributed by atoms with E-state index in [1.165, 1.54) is 0 Å². The molecule has 0 spiro atoms. The Kier molecular flexibility index (Phi) is 5.93. The van der Waals surface area contributed by atoms with Crippen LogP contribution in [0.1, 0.15) is 32.1 Å². The van der Waals surface area contributed by atoms with Crippen molar-refractivity contribution in [2.75, 3.05) is 4.90 Å². The van der Waals surface area contributed by atoms with E-state index in [9.17, 15) is 9.59 Å². The van der Waals surface area contributed by atoms with Gasteiger partial charge in [0.2, 0.25) is 0 Å². The fourth-order valence-electron chi connectivity index (χ4n) is 3.67. The third kappa shape index (κ3) is 4.46. The molecular weight excluding hydrogens is 452 g/mol. The first-order chi connectivity index (χ1) is 16.6. The number of pyridine rings is 2. The number of nitrogens with zero attached hydrogens (tertiary/aromatic N) is 3. The van der Waals surface area contributed by atoms with Crippen LogP contribution in [0.5, 0.6) is 11.5 Å². The molecule has 2 aromatic heterocycles. The second-order valence-electron chi connectivity index (χ2n) is 7.66. The number of hydrogen-bond acceptors (Lipinski definition) is 5. The number of fused-ring (bicyclic) bond motifs is 2. The van der Waals surface area contributed by atoms with E-state index in [0.717, 1.165) is 11.1 Å². The van der Waals surface area contributed by atoms with Gasteiger partial charge >= 0.3 is 0 Å². The molecule has 0 aliphatic carbocycles. The zero-order valence-electron chi connectivity index (χ0n) is 17.9. The Labute approximate surface area is 201 Å². The first kappa shape index (κ1) is 21.6. The van der Waals surface area contributed by atoms with Crippen LogP contribution in [0.3, 0.4) is 0 Å². The summed E-state index contributed by atoms with van der Waals surface area (Å²) in [6.45, 7) is 0.593. The van der Waals surface area contributed by atoms with Gasteiger partial charge in [0.05, 0.1) is 12.2 Å². The third-order valence-electron chi connectivity index (χ3n) is 5.38. The van der Waals surface area contributed by atoms with Crippen molar-refractivity contribution in [2.24, 2.45) is 0 Å². The highest BCUT2D eigenvalue weighted by atomic mass is 35.5. The second-order valence-corrected chi connectivity index (χ2v) is 8.10. The number of rotatable bonds is 4. The Morgan fingerprint density at radius 3 is 2.59 bits per heavy atom. The molecule has 4 aromatic rings. The molecule has 5 rings (SSSR count). The monoisotopic (exact) mass is 470 g/mol. The van der Waals surface area contributed by atoms with E-state index < -0.39 is 0 Å². The molecular formula is C26H19ClN4O3. The predicted molar refractivity (Wildman–Crippen MR) is 128 cm³/mol. The smallest absolute Gasteiger partial charge is 0.277 e. The minimum absolute atomic E-state index is 0.141. The molecule has 2 aromatic carbocycles. The van der Waals surface area contributed by atoms with Crippen LogP contribution in [0.25, 0.3) is 0 Å². The molecule has 7 nitrogen and oxygen atoms in total. The highest BCUT2D eigenvalue weighted by Crippen LogP contribution is 2.40. The van der Waals surface area contributed by atoms with Crippen molar-refractivity contribution in [3.63, 3.8) is 0 Å². The Hall–Kier alpha value is -4.23. The van der Waals surface area contributed by atoms with Crippen molar-refractivity contribution >= 4 is 29.1 Å². The average Bonchev–Trinajstić information content (AvgIpc) is 3.04. The maximum Gasteiger partial charge on any atom is 0.277 e. The number of ether oxygens (including phenoxy) is 1. The van der Waals surface area contributed by atoms with Gasteiger partial charge in [-0.25, -0.2) is 4.98 Å². The lowest BCUT2D eigenvalue weighted by Crippen LogP contribution is -2.31. The average molecular weight is 471 g/mol. The molecule has 8 heteroatoms. The van der Waals surface area contributed by atoms with E-state index in [0.29, 0.717) is 28.8 Å². The van der Waals surface area contributed by atoms with Crippen LogP contribution in [0.2, 0.25) is 5.02 Å². The summed E-state index contributed by atoms with van der Waals surface area (Å²) in [5.41, 5.74) is 2.57. The molecule has 0 unspecified atom stereocenters. The van der Waals surface area contributed by atoms with Crippen LogP contribution >= 0.6 is 11.6 Å². The maximum absolute atomic E-state index is 13.6. The maximum atomic E-state index is 13.6. The topological polar surface area (TPSA) is 84.4 Å². The van der Waals surface area contributed by atoms with Crippen LogP contribution in [0, 0.1) is 0 Å². The van der Waals surface area contributed by atoms with Crippen molar-refractivity contribution in [1.29, 1.82) is 0 Å². The highest BCUT2D eigenvalue weighted by molar-refractivity contribution is 6.31. The highest BCUT2D eigenvalue weighted by Gasteiger charge is 2.27. The zero-order chi connectivity index (χ0) is 23.5. The predicted octanol–water partition coefficient (Wildman–Crippen LogP) is 5.01. The van der Waals surface area contributed by atoms with E-state index in [-0.39, 0.29) is 29.7 Å². The lowest BCUT2D eigenvalue weighted by atomic mass is 10.1. The number of amides is 2. The van der Waals surface area contributed by atoms with Crippen molar-refractivity contribution < 1.29 is 14.3 Å². The number of halogens is 1. The molecule has 0 atom stereocenters. The SMILES string of the molecule is O=C(NCc1ccncc1)c1cccc(C(=O)N2Cc3ccccc3Oc3ccc(Cl)cc32)n1. The summed E-state index contributed by atoms with van der Waals surface area (Å²) in [5.74, 6) is 0.430. The first-order valence-corrected chi connectivity index (χ1v) is 11.0. The Bertz CT molecular complexity index is 1380. The minimum Gasteiger partial charge on any atom is -0.455 e. The summed E-state index contributed by atoms with van der Waals surface area (Å²) in [6, 6.07) is 21.1. The van der Waals surface area contributed by atoms with Crippen molar-refractivity contribution in [2.45, 2.75) is 13.1 Å². The van der Waals surface area contributed by atoms with Gasteiger partial charge in [-0.3, -0.25) is 19.5 Å². The molecule has 0 bridgehead atoms. The van der Waals surface area contributed by atoms with E-state index >= 15 is 0 Å². The Morgan fingerprint density at radius 1 is 0.941 bits per heavy atom. The fraction of sp³-hybridized carbons (Fsp3) is 0.0769. The number of benzene rings is 2. The molecule has 1 aliphatic rings. The largest absolute Gasteiger partial charge is 0.455 e. The van der Waals surface area contributed by atoms with Crippen molar-refractivity contribution in [1.82, 2.24) is 15.3 Å². The fourth-order valence-corrected chi connectivity index (χ4v) is 3.84. The lowest BCUT2D eigenvalue weighted by Gasteiger charge is -2.22. The number of nitrogens with one attached hydrogen (secondary N) is 1. The molecule has 34 heavy (non-hydrogen) atoms. The minimum atomic E-state index is -0.376. The number of para-hydroxylation sites is 1. The standard InChI is InChI=1S/C26H19ClN4O3/c27-19-8-9-24-22(14-19)31(16-18-4-1-2-7-23(18)34-24)26(33)21-6-3-5-20(30-21)25(32)29-15-17-10-12-28-13-11-17/h1-14H,15-16H2,(H,29,32). The molecule has 1 N–H and O–H groups in total. The molecule has 1 aliphatic heterocycles. The van der Waals surface area contributed by atoms with Gasteiger partial charge in [0.25, 0.3) is 11.8 Å². The van der Waals surface area contributed by atoms with E-state index in [1.807, 2.05) is 36.4 Å². The van der Waals surface area contributed by atoms with E-state index in [1.54, 1.807) is 53.7 Å².